The molecule has 0 fully saturated rings. The van der Waals surface area contributed by atoms with Gasteiger partial charge in [0.05, 0.1) is 31.4 Å². The van der Waals surface area contributed by atoms with E-state index in [0.29, 0.717) is 45.2 Å². The van der Waals surface area contributed by atoms with E-state index in [2.05, 4.69) is 20.6 Å². The van der Waals surface area contributed by atoms with E-state index >= 15 is 0 Å². The van der Waals surface area contributed by atoms with Gasteiger partial charge in [-0.15, -0.1) is 15.3 Å². The highest BCUT2D eigenvalue weighted by molar-refractivity contribution is 6.32. The van der Waals surface area contributed by atoms with E-state index in [0.717, 1.165) is 5.56 Å². The number of halogens is 1. The lowest BCUT2D eigenvalue weighted by Crippen LogP contribution is -2.32. The maximum absolute atomic E-state index is 12.1. The second-order valence-electron chi connectivity index (χ2n) is 7.45. The summed E-state index contributed by atoms with van der Waals surface area (Å²) in [6.07, 6.45) is 0. The fraction of sp³-hybridized carbons (Fsp3) is 0.250. The van der Waals surface area contributed by atoms with Crippen LogP contribution in [0.5, 0.6) is 23.1 Å². The highest BCUT2D eigenvalue weighted by atomic mass is 35.5. The van der Waals surface area contributed by atoms with Gasteiger partial charge >= 0.3 is 0 Å². The summed E-state index contributed by atoms with van der Waals surface area (Å²) in [5.74, 6) is 2.25. The molecule has 0 unspecified atom stereocenters. The zero-order valence-electron chi connectivity index (χ0n) is 19.4. The van der Waals surface area contributed by atoms with Crippen molar-refractivity contribution in [2.24, 2.45) is 0 Å². The van der Waals surface area contributed by atoms with Crippen molar-refractivity contribution in [1.29, 1.82) is 0 Å². The molecule has 11 heteroatoms. The van der Waals surface area contributed by atoms with Crippen molar-refractivity contribution in [3.8, 4) is 34.5 Å². The molecule has 0 saturated heterocycles. The molecule has 2 aromatic carbocycles. The van der Waals surface area contributed by atoms with E-state index in [1.807, 2.05) is 19.1 Å². The number of methoxy groups -OCH3 is 2. The van der Waals surface area contributed by atoms with Crippen molar-refractivity contribution in [2.75, 3.05) is 34.0 Å². The Hall–Kier alpha value is -4.05. The number of rotatable bonds is 10. The second-order valence-corrected chi connectivity index (χ2v) is 7.86. The number of carbonyl (C=O) groups is 1. The number of fused-ring (bicyclic) bond motifs is 1. The fourth-order valence-corrected chi connectivity index (χ4v) is 3.43. The minimum absolute atomic E-state index is 0.152. The highest BCUT2D eigenvalue weighted by Gasteiger charge is 2.16. The molecule has 0 aliphatic heterocycles. The lowest BCUT2D eigenvalue weighted by molar-refractivity contribution is -0.123. The van der Waals surface area contributed by atoms with Crippen molar-refractivity contribution >= 4 is 23.2 Å². The Bertz CT molecular complexity index is 1340. The summed E-state index contributed by atoms with van der Waals surface area (Å²) in [6.45, 7) is 2.24. The molecular weight excluding hydrogens is 474 g/mol. The molecule has 0 saturated carbocycles. The van der Waals surface area contributed by atoms with Crippen LogP contribution in [-0.4, -0.2) is 59.7 Å². The standard InChI is InChI=1S/C24H24ClN5O5/c1-15-4-7-18(25)20(12-15)35-14-22(31)26-10-11-34-23-9-8-21-27-28-24(30(21)29-23)17-6-5-16(32-2)13-19(17)33-3/h4-9,12-13H,10-11,14H2,1-3H3,(H,26,31). The van der Waals surface area contributed by atoms with Gasteiger partial charge in [0, 0.05) is 12.1 Å². The second kappa shape index (κ2) is 10.9. The van der Waals surface area contributed by atoms with Gasteiger partial charge in [-0.25, -0.2) is 0 Å². The molecule has 0 bridgehead atoms. The number of hydrogen-bond donors (Lipinski definition) is 1. The number of ether oxygens (including phenoxy) is 4. The first-order valence-electron chi connectivity index (χ1n) is 10.7. The molecule has 1 amide bonds. The molecule has 0 radical (unpaired) electrons. The number of aryl methyl sites for hydroxylation is 1. The fourth-order valence-electron chi connectivity index (χ4n) is 3.26. The predicted octanol–water partition coefficient (Wildman–Crippen LogP) is 3.34. The Morgan fingerprint density at radius 3 is 2.66 bits per heavy atom. The van der Waals surface area contributed by atoms with E-state index in [9.17, 15) is 4.79 Å². The minimum Gasteiger partial charge on any atom is -0.497 e. The minimum atomic E-state index is -0.290. The molecular formula is C24H24ClN5O5. The zero-order chi connectivity index (χ0) is 24.8. The molecule has 0 aliphatic rings. The summed E-state index contributed by atoms with van der Waals surface area (Å²) in [7, 11) is 3.15. The maximum atomic E-state index is 12.1. The number of carbonyl (C=O) groups excluding carboxylic acids is 1. The molecule has 10 nitrogen and oxygen atoms in total. The Morgan fingerprint density at radius 1 is 1.00 bits per heavy atom. The highest BCUT2D eigenvalue weighted by Crippen LogP contribution is 2.32. The molecule has 0 aliphatic carbocycles. The van der Waals surface area contributed by atoms with E-state index in [1.54, 1.807) is 55.1 Å². The first-order chi connectivity index (χ1) is 17.0. The van der Waals surface area contributed by atoms with Crippen molar-refractivity contribution < 1.29 is 23.7 Å². The lowest BCUT2D eigenvalue weighted by atomic mass is 10.2. The monoisotopic (exact) mass is 497 g/mol. The van der Waals surface area contributed by atoms with Crippen LogP contribution in [0, 0.1) is 6.92 Å². The van der Waals surface area contributed by atoms with Gasteiger partial charge in [-0.2, -0.15) is 4.52 Å². The van der Waals surface area contributed by atoms with Crippen molar-refractivity contribution in [1.82, 2.24) is 25.1 Å². The lowest BCUT2D eigenvalue weighted by Gasteiger charge is -2.10. The molecule has 0 spiro atoms. The Balaban J connectivity index is 1.35. The van der Waals surface area contributed by atoms with Crippen LogP contribution < -0.4 is 24.3 Å². The van der Waals surface area contributed by atoms with Crippen LogP contribution in [0.3, 0.4) is 0 Å². The Labute approximate surface area is 206 Å². The molecule has 182 valence electrons. The summed E-state index contributed by atoms with van der Waals surface area (Å²) < 4.78 is 23.5. The summed E-state index contributed by atoms with van der Waals surface area (Å²) >= 11 is 6.08. The van der Waals surface area contributed by atoms with Gasteiger partial charge in [0.15, 0.2) is 18.1 Å². The van der Waals surface area contributed by atoms with Crippen LogP contribution >= 0.6 is 11.6 Å². The van der Waals surface area contributed by atoms with Crippen LogP contribution in [0.25, 0.3) is 17.0 Å². The van der Waals surface area contributed by atoms with Gasteiger partial charge in [-0.3, -0.25) is 4.79 Å². The summed E-state index contributed by atoms with van der Waals surface area (Å²) in [4.78, 5) is 12.1. The normalized spacial score (nSPS) is 10.7. The largest absolute Gasteiger partial charge is 0.497 e. The van der Waals surface area contributed by atoms with Crippen molar-refractivity contribution in [3.63, 3.8) is 0 Å². The van der Waals surface area contributed by atoms with Gasteiger partial charge in [-0.05, 0) is 42.8 Å². The van der Waals surface area contributed by atoms with Gasteiger partial charge in [-0.1, -0.05) is 17.7 Å². The molecule has 0 atom stereocenters. The van der Waals surface area contributed by atoms with Gasteiger partial charge < -0.3 is 24.3 Å². The molecule has 4 aromatic rings. The number of amides is 1. The number of aromatic nitrogens is 4. The number of nitrogens with one attached hydrogen (secondary N) is 1. The van der Waals surface area contributed by atoms with Gasteiger partial charge in [0.2, 0.25) is 5.88 Å². The third-order valence-electron chi connectivity index (χ3n) is 5.01. The van der Waals surface area contributed by atoms with Gasteiger partial charge in [0.25, 0.3) is 5.91 Å². The molecule has 4 rings (SSSR count). The molecule has 35 heavy (non-hydrogen) atoms. The molecule has 2 aromatic heterocycles. The average Bonchev–Trinajstić information content (AvgIpc) is 3.29. The van der Waals surface area contributed by atoms with E-state index in [4.69, 9.17) is 30.5 Å². The van der Waals surface area contributed by atoms with Crippen LogP contribution in [0.2, 0.25) is 5.02 Å². The number of nitrogens with zero attached hydrogens (tertiary/aromatic N) is 4. The van der Waals surface area contributed by atoms with Crippen LogP contribution in [0.15, 0.2) is 48.5 Å². The first-order valence-corrected chi connectivity index (χ1v) is 11.1. The first kappa shape index (κ1) is 24.1. The quantitative estimate of drug-likeness (QED) is 0.332. The maximum Gasteiger partial charge on any atom is 0.258 e. The Morgan fingerprint density at radius 2 is 1.86 bits per heavy atom. The summed E-state index contributed by atoms with van der Waals surface area (Å²) in [5, 5.41) is 16.1. The Kier molecular flexibility index (Phi) is 7.51. The summed E-state index contributed by atoms with van der Waals surface area (Å²) in [6, 6.07) is 14.2. The van der Waals surface area contributed by atoms with Crippen molar-refractivity contribution in [3.05, 3.63) is 59.1 Å². The molecule has 2 heterocycles. The van der Waals surface area contributed by atoms with Crippen LogP contribution in [0.4, 0.5) is 0 Å². The summed E-state index contributed by atoms with van der Waals surface area (Å²) in [5.41, 5.74) is 2.24. The smallest absolute Gasteiger partial charge is 0.258 e. The third-order valence-corrected chi connectivity index (χ3v) is 5.32. The van der Waals surface area contributed by atoms with Crippen LogP contribution in [-0.2, 0) is 4.79 Å². The van der Waals surface area contributed by atoms with E-state index in [1.165, 1.54) is 0 Å². The van der Waals surface area contributed by atoms with E-state index < -0.39 is 0 Å². The average molecular weight is 498 g/mol. The zero-order valence-corrected chi connectivity index (χ0v) is 20.2. The third kappa shape index (κ3) is 5.72. The predicted molar refractivity (Wildman–Crippen MR) is 130 cm³/mol. The van der Waals surface area contributed by atoms with Crippen molar-refractivity contribution in [2.45, 2.75) is 6.92 Å². The van der Waals surface area contributed by atoms with Crippen LogP contribution in [0.1, 0.15) is 5.56 Å². The molecule has 1 N–H and O–H groups in total. The van der Waals surface area contributed by atoms with Gasteiger partial charge in [0.1, 0.15) is 23.9 Å². The SMILES string of the molecule is COc1ccc(-c2nnc3ccc(OCCNC(=O)COc4cc(C)ccc4Cl)nn23)c(OC)c1. The topological polar surface area (TPSA) is 109 Å². The number of benzene rings is 2. The number of hydrogen-bond acceptors (Lipinski definition) is 8. The van der Waals surface area contributed by atoms with E-state index in [-0.39, 0.29) is 25.7 Å².